The van der Waals surface area contributed by atoms with Crippen LogP contribution in [0.25, 0.3) is 0 Å². The van der Waals surface area contributed by atoms with Gasteiger partial charge in [-0.15, -0.1) is 0 Å². The molecular formula is C20H37N3O2S. The molecule has 1 aromatic rings. The molecule has 1 saturated carbocycles. The molecule has 0 spiro atoms. The van der Waals surface area contributed by atoms with Gasteiger partial charge in [-0.3, -0.25) is 4.68 Å². The van der Waals surface area contributed by atoms with E-state index in [1.54, 1.807) is 17.9 Å². The average molecular weight is 384 g/mol. The van der Waals surface area contributed by atoms with Gasteiger partial charge in [0.1, 0.15) is 4.90 Å². The summed E-state index contributed by atoms with van der Waals surface area (Å²) in [4.78, 5) is 0.332. The molecule has 1 N–H and O–H groups in total. The van der Waals surface area contributed by atoms with Gasteiger partial charge in [-0.2, -0.15) is 5.10 Å². The van der Waals surface area contributed by atoms with Crippen LogP contribution >= 0.6 is 0 Å². The number of nitrogens with one attached hydrogen (secondary N) is 1. The van der Waals surface area contributed by atoms with Gasteiger partial charge in [0.25, 0.3) is 0 Å². The largest absolute Gasteiger partial charge is 0.274 e. The van der Waals surface area contributed by atoms with Crippen LogP contribution < -0.4 is 4.72 Å². The summed E-state index contributed by atoms with van der Waals surface area (Å²) in [5.41, 5.74) is 0.332. The molecule has 0 radical (unpaired) electrons. The third kappa shape index (κ3) is 6.38. The summed E-state index contributed by atoms with van der Waals surface area (Å²) < 4.78 is 30.8. The topological polar surface area (TPSA) is 64.0 Å². The fraction of sp³-hybridized carbons (Fsp3) is 0.850. The van der Waals surface area contributed by atoms with Crippen molar-refractivity contribution in [1.82, 2.24) is 14.5 Å². The summed E-state index contributed by atoms with van der Waals surface area (Å²) in [6.07, 6.45) is 14.7. The molecule has 0 aromatic carbocycles. The van der Waals surface area contributed by atoms with E-state index in [1.807, 2.05) is 20.8 Å². The van der Waals surface area contributed by atoms with Crippen LogP contribution in [0.3, 0.4) is 0 Å². The van der Waals surface area contributed by atoms with E-state index in [1.165, 1.54) is 44.9 Å². The van der Waals surface area contributed by atoms with Gasteiger partial charge in [-0.1, -0.05) is 78.6 Å². The Kier molecular flexibility index (Phi) is 7.71. The lowest BCUT2D eigenvalue weighted by molar-refractivity contribution is 0.439. The molecular weight excluding hydrogens is 346 g/mol. The molecule has 1 heterocycles. The first-order valence-electron chi connectivity index (χ1n) is 10.3. The zero-order chi connectivity index (χ0) is 19.2. The second-order valence-electron chi connectivity index (χ2n) is 8.84. The lowest BCUT2D eigenvalue weighted by Crippen LogP contribution is -2.36. The minimum atomic E-state index is -3.55. The fourth-order valence-corrected chi connectivity index (χ4v) is 5.44. The van der Waals surface area contributed by atoms with Crippen LogP contribution in [0.15, 0.2) is 11.1 Å². The molecule has 2 rings (SSSR count). The molecule has 1 aliphatic rings. The van der Waals surface area contributed by atoms with Crippen LogP contribution in [-0.2, 0) is 22.5 Å². The van der Waals surface area contributed by atoms with Gasteiger partial charge in [0.05, 0.1) is 5.69 Å². The highest BCUT2D eigenvalue weighted by Crippen LogP contribution is 2.28. The van der Waals surface area contributed by atoms with Gasteiger partial charge in [0.2, 0.25) is 10.0 Å². The Bertz CT molecular complexity index is 647. The zero-order valence-electron chi connectivity index (χ0n) is 17.1. The van der Waals surface area contributed by atoms with E-state index in [-0.39, 0.29) is 11.5 Å². The number of hydrogen-bond acceptors (Lipinski definition) is 3. The van der Waals surface area contributed by atoms with E-state index in [0.29, 0.717) is 10.6 Å². The number of sulfonamides is 1. The second kappa shape index (κ2) is 9.36. The summed E-state index contributed by atoms with van der Waals surface area (Å²) in [5.74, 6) is 0. The van der Waals surface area contributed by atoms with Crippen molar-refractivity contribution in [2.45, 2.75) is 108 Å². The van der Waals surface area contributed by atoms with E-state index < -0.39 is 10.0 Å². The predicted molar refractivity (Wildman–Crippen MR) is 107 cm³/mol. The fourth-order valence-electron chi connectivity index (χ4n) is 3.75. The van der Waals surface area contributed by atoms with Crippen molar-refractivity contribution < 1.29 is 8.42 Å². The first-order chi connectivity index (χ1) is 12.2. The van der Waals surface area contributed by atoms with Crippen molar-refractivity contribution in [1.29, 1.82) is 0 Å². The number of hydrogen-bond donors (Lipinski definition) is 1. The van der Waals surface area contributed by atoms with Crippen molar-refractivity contribution in [3.63, 3.8) is 0 Å². The van der Waals surface area contributed by atoms with Gasteiger partial charge in [0, 0.05) is 24.7 Å². The van der Waals surface area contributed by atoms with Gasteiger partial charge < -0.3 is 0 Å². The first-order valence-corrected chi connectivity index (χ1v) is 11.7. The monoisotopic (exact) mass is 383 g/mol. The van der Waals surface area contributed by atoms with E-state index in [2.05, 4.69) is 9.82 Å². The average Bonchev–Trinajstić information content (AvgIpc) is 2.93. The van der Waals surface area contributed by atoms with Crippen molar-refractivity contribution in [3.8, 4) is 0 Å². The van der Waals surface area contributed by atoms with Gasteiger partial charge in [0.15, 0.2) is 0 Å². The molecule has 0 atom stereocenters. The summed E-state index contributed by atoms with van der Waals surface area (Å²) in [7, 11) is -1.77. The molecule has 1 aromatic heterocycles. The first kappa shape index (κ1) is 21.4. The van der Waals surface area contributed by atoms with Crippen molar-refractivity contribution >= 4 is 10.0 Å². The number of rotatable bonds is 3. The lowest BCUT2D eigenvalue weighted by atomic mass is 9.92. The molecule has 1 fully saturated rings. The van der Waals surface area contributed by atoms with Crippen LogP contribution in [-0.4, -0.2) is 24.2 Å². The summed E-state index contributed by atoms with van der Waals surface area (Å²) in [5, 5.41) is 4.42. The van der Waals surface area contributed by atoms with E-state index in [4.69, 9.17) is 0 Å². The molecule has 150 valence electrons. The van der Waals surface area contributed by atoms with Gasteiger partial charge >= 0.3 is 0 Å². The Balaban J connectivity index is 2.12. The maximum absolute atomic E-state index is 13.1. The van der Waals surface area contributed by atoms with Crippen LogP contribution in [0.1, 0.15) is 97.1 Å². The zero-order valence-corrected chi connectivity index (χ0v) is 17.9. The second-order valence-corrected chi connectivity index (χ2v) is 10.5. The quantitative estimate of drug-likeness (QED) is 0.825. The number of aryl methyl sites for hydroxylation is 1. The van der Waals surface area contributed by atoms with E-state index in [0.717, 1.165) is 25.7 Å². The van der Waals surface area contributed by atoms with E-state index in [9.17, 15) is 8.42 Å². The molecule has 6 heteroatoms. The summed E-state index contributed by atoms with van der Waals surface area (Å²) in [6, 6.07) is 0.0347. The molecule has 26 heavy (non-hydrogen) atoms. The normalized spacial score (nSPS) is 19.7. The molecule has 5 nitrogen and oxygen atoms in total. The van der Waals surface area contributed by atoms with Crippen molar-refractivity contribution in [2.75, 3.05) is 0 Å². The standard InChI is InChI=1S/C20H37N3O2S/c1-20(2,3)19-18(16-23(4)21-19)26(24,25)22-17-14-12-10-8-6-5-7-9-11-13-15-17/h16-17,22H,5-15H2,1-4H3. The molecule has 0 bridgehead atoms. The Morgan fingerprint density at radius 2 is 1.42 bits per heavy atom. The minimum absolute atomic E-state index is 0.0347. The molecule has 0 unspecified atom stereocenters. The van der Waals surface area contributed by atoms with Crippen LogP contribution in [0, 0.1) is 0 Å². The maximum Gasteiger partial charge on any atom is 0.244 e. The van der Waals surface area contributed by atoms with Crippen LogP contribution in [0.5, 0.6) is 0 Å². The third-order valence-corrected chi connectivity index (χ3v) is 6.74. The third-order valence-electron chi connectivity index (χ3n) is 5.22. The highest BCUT2D eigenvalue weighted by Gasteiger charge is 2.30. The highest BCUT2D eigenvalue weighted by molar-refractivity contribution is 7.89. The number of nitrogens with zero attached hydrogens (tertiary/aromatic N) is 2. The van der Waals surface area contributed by atoms with Crippen LogP contribution in [0.2, 0.25) is 0 Å². The molecule has 1 aliphatic carbocycles. The number of aromatic nitrogens is 2. The van der Waals surface area contributed by atoms with Gasteiger partial charge in [-0.05, 0) is 12.8 Å². The van der Waals surface area contributed by atoms with E-state index >= 15 is 0 Å². The summed E-state index contributed by atoms with van der Waals surface area (Å²) in [6.45, 7) is 6.01. The van der Waals surface area contributed by atoms with Crippen LogP contribution in [0.4, 0.5) is 0 Å². The predicted octanol–water partition coefficient (Wildman–Crippen LogP) is 4.67. The molecule has 0 amide bonds. The Morgan fingerprint density at radius 1 is 0.962 bits per heavy atom. The Morgan fingerprint density at radius 3 is 1.88 bits per heavy atom. The van der Waals surface area contributed by atoms with Crippen molar-refractivity contribution in [3.05, 3.63) is 11.9 Å². The molecule has 0 aliphatic heterocycles. The summed E-state index contributed by atoms with van der Waals surface area (Å²) >= 11 is 0. The SMILES string of the molecule is Cn1cc(S(=O)(=O)NC2CCCCCCCCCCC2)c(C(C)(C)C)n1. The minimum Gasteiger partial charge on any atom is -0.274 e. The maximum atomic E-state index is 13.1. The lowest BCUT2D eigenvalue weighted by Gasteiger charge is -2.21. The molecule has 0 saturated heterocycles. The smallest absolute Gasteiger partial charge is 0.244 e. The van der Waals surface area contributed by atoms with Crippen molar-refractivity contribution in [2.24, 2.45) is 7.05 Å². The Hall–Kier alpha value is -0.880. The highest BCUT2D eigenvalue weighted by atomic mass is 32.2. The van der Waals surface area contributed by atoms with Gasteiger partial charge in [-0.25, -0.2) is 13.1 Å². The Labute approximate surface area is 160 Å².